The van der Waals surface area contributed by atoms with Crippen LogP contribution in [-0.4, -0.2) is 29.9 Å². The Balaban J connectivity index is 1.79. The Labute approximate surface area is 105 Å². The van der Waals surface area contributed by atoms with Gasteiger partial charge in [-0.2, -0.15) is 0 Å². The maximum absolute atomic E-state index is 11.4. The molecule has 18 heavy (non-hydrogen) atoms. The molecule has 1 saturated carbocycles. The average Bonchev–Trinajstić information content (AvgIpc) is 3.19. The number of nitrogens with zero attached hydrogens (tertiary/aromatic N) is 1. The van der Waals surface area contributed by atoms with Crippen LogP contribution in [0.5, 0.6) is 0 Å². The van der Waals surface area contributed by atoms with Gasteiger partial charge >= 0.3 is 0 Å². The van der Waals surface area contributed by atoms with Gasteiger partial charge in [-0.05, 0) is 25.0 Å². The van der Waals surface area contributed by atoms with E-state index in [0.29, 0.717) is 24.5 Å². The van der Waals surface area contributed by atoms with Crippen molar-refractivity contribution in [3.8, 4) is 0 Å². The van der Waals surface area contributed by atoms with Crippen LogP contribution in [0.1, 0.15) is 23.2 Å². The highest BCUT2D eigenvalue weighted by molar-refractivity contribution is 5.97. The number of primary amides is 1. The molecule has 1 aromatic heterocycles. The van der Waals surface area contributed by atoms with Crippen LogP contribution >= 0.6 is 0 Å². The summed E-state index contributed by atoms with van der Waals surface area (Å²) in [5.74, 6) is 0.243. The van der Waals surface area contributed by atoms with Gasteiger partial charge in [-0.25, -0.2) is 4.98 Å². The molecule has 6 nitrogen and oxygen atoms in total. The van der Waals surface area contributed by atoms with Crippen LogP contribution in [0, 0.1) is 5.92 Å². The van der Waals surface area contributed by atoms with Gasteiger partial charge in [-0.1, -0.05) is 0 Å². The summed E-state index contributed by atoms with van der Waals surface area (Å²) < 4.78 is 0. The summed E-state index contributed by atoms with van der Waals surface area (Å²) >= 11 is 0. The fourth-order valence-corrected chi connectivity index (χ4v) is 1.60. The van der Waals surface area contributed by atoms with Gasteiger partial charge in [0, 0.05) is 25.2 Å². The van der Waals surface area contributed by atoms with E-state index in [-0.39, 0.29) is 11.8 Å². The molecule has 96 valence electrons. The molecule has 1 aromatic rings. The first-order valence-electron chi connectivity index (χ1n) is 5.95. The first-order chi connectivity index (χ1) is 8.68. The smallest absolute Gasteiger partial charge is 0.252 e. The minimum absolute atomic E-state index is 0.105. The van der Waals surface area contributed by atoms with Crippen molar-refractivity contribution in [2.45, 2.75) is 12.8 Å². The van der Waals surface area contributed by atoms with E-state index < -0.39 is 5.91 Å². The lowest BCUT2D eigenvalue weighted by molar-refractivity contribution is -0.122. The number of carbonyl (C=O) groups excluding carboxylic acids is 2. The molecule has 0 radical (unpaired) electrons. The van der Waals surface area contributed by atoms with E-state index in [1.807, 2.05) is 0 Å². The zero-order chi connectivity index (χ0) is 13.0. The predicted molar refractivity (Wildman–Crippen MR) is 67.0 cm³/mol. The van der Waals surface area contributed by atoms with Crippen LogP contribution in [-0.2, 0) is 4.79 Å². The van der Waals surface area contributed by atoms with Crippen molar-refractivity contribution >= 4 is 17.6 Å². The van der Waals surface area contributed by atoms with Crippen molar-refractivity contribution in [2.75, 3.05) is 18.4 Å². The summed E-state index contributed by atoms with van der Waals surface area (Å²) in [5, 5.41) is 5.80. The molecule has 0 atom stereocenters. The molecule has 0 saturated heterocycles. The van der Waals surface area contributed by atoms with Gasteiger partial charge in [0.15, 0.2) is 0 Å². The second-order valence-corrected chi connectivity index (χ2v) is 4.26. The fraction of sp³-hybridized carbons (Fsp3) is 0.417. The molecular weight excluding hydrogens is 232 g/mol. The van der Waals surface area contributed by atoms with Crippen molar-refractivity contribution in [1.29, 1.82) is 0 Å². The molecule has 2 amide bonds. The second kappa shape index (κ2) is 5.48. The molecule has 0 aromatic carbocycles. The van der Waals surface area contributed by atoms with Gasteiger partial charge in [0.1, 0.15) is 5.82 Å². The number of aromatic nitrogens is 1. The van der Waals surface area contributed by atoms with Crippen molar-refractivity contribution in [2.24, 2.45) is 11.7 Å². The van der Waals surface area contributed by atoms with Crippen LogP contribution in [0.2, 0.25) is 0 Å². The molecule has 4 N–H and O–H groups in total. The van der Waals surface area contributed by atoms with Gasteiger partial charge in [0.25, 0.3) is 5.91 Å². The van der Waals surface area contributed by atoms with E-state index in [2.05, 4.69) is 15.6 Å². The topological polar surface area (TPSA) is 97.1 Å². The zero-order valence-corrected chi connectivity index (χ0v) is 9.98. The Bertz CT molecular complexity index is 457. The van der Waals surface area contributed by atoms with Gasteiger partial charge in [-0.15, -0.1) is 0 Å². The summed E-state index contributed by atoms with van der Waals surface area (Å²) in [6.07, 6.45) is 3.56. The van der Waals surface area contributed by atoms with Gasteiger partial charge in [0.05, 0.1) is 5.56 Å². The number of carbonyl (C=O) groups is 2. The molecular formula is C12H16N4O2. The second-order valence-electron chi connectivity index (χ2n) is 4.26. The van der Waals surface area contributed by atoms with Gasteiger partial charge < -0.3 is 16.4 Å². The van der Waals surface area contributed by atoms with E-state index in [4.69, 9.17) is 5.73 Å². The molecule has 1 aliphatic carbocycles. The molecule has 1 heterocycles. The quantitative estimate of drug-likeness (QED) is 0.623. The van der Waals surface area contributed by atoms with Gasteiger partial charge in [-0.3, -0.25) is 9.59 Å². The van der Waals surface area contributed by atoms with Crippen LogP contribution in [0.3, 0.4) is 0 Å². The summed E-state index contributed by atoms with van der Waals surface area (Å²) in [6, 6.07) is 3.26. The Morgan fingerprint density at radius 3 is 2.83 bits per heavy atom. The van der Waals surface area contributed by atoms with Gasteiger partial charge in [0.2, 0.25) is 5.91 Å². The minimum atomic E-state index is -0.521. The van der Waals surface area contributed by atoms with E-state index in [1.54, 1.807) is 18.3 Å². The standard InChI is InChI=1S/C12H16N4O2/c13-10(17)9-2-1-5-14-11(9)15-6-7-16-12(18)8-3-4-8/h1-2,5,8H,3-4,6-7H2,(H2,13,17)(H,14,15)(H,16,18). The molecule has 1 fully saturated rings. The number of nitrogens with two attached hydrogens (primary N) is 1. The summed E-state index contributed by atoms with van der Waals surface area (Å²) in [4.78, 5) is 26.5. The Kier molecular flexibility index (Phi) is 3.76. The lowest BCUT2D eigenvalue weighted by Crippen LogP contribution is -2.30. The largest absolute Gasteiger partial charge is 0.368 e. The van der Waals surface area contributed by atoms with E-state index in [1.165, 1.54) is 0 Å². The van der Waals surface area contributed by atoms with Crippen molar-refractivity contribution in [3.05, 3.63) is 23.9 Å². The molecule has 0 aliphatic heterocycles. The zero-order valence-electron chi connectivity index (χ0n) is 9.98. The number of anilines is 1. The van der Waals surface area contributed by atoms with E-state index in [0.717, 1.165) is 12.8 Å². The molecule has 1 aliphatic rings. The van der Waals surface area contributed by atoms with Crippen LogP contribution in [0.4, 0.5) is 5.82 Å². The fourth-order valence-electron chi connectivity index (χ4n) is 1.60. The summed E-state index contributed by atoms with van der Waals surface area (Å²) in [7, 11) is 0. The summed E-state index contributed by atoms with van der Waals surface area (Å²) in [5.41, 5.74) is 5.58. The third-order valence-corrected chi connectivity index (χ3v) is 2.74. The number of pyridine rings is 1. The van der Waals surface area contributed by atoms with Crippen molar-refractivity contribution in [3.63, 3.8) is 0 Å². The maximum atomic E-state index is 11.4. The highest BCUT2D eigenvalue weighted by Crippen LogP contribution is 2.28. The first kappa shape index (κ1) is 12.3. The normalized spacial score (nSPS) is 14.0. The highest BCUT2D eigenvalue weighted by Gasteiger charge is 2.28. The van der Waals surface area contributed by atoms with Crippen molar-refractivity contribution < 1.29 is 9.59 Å². The third-order valence-electron chi connectivity index (χ3n) is 2.74. The van der Waals surface area contributed by atoms with Crippen LogP contribution in [0.25, 0.3) is 0 Å². The van der Waals surface area contributed by atoms with Crippen LogP contribution < -0.4 is 16.4 Å². The molecule has 0 spiro atoms. The maximum Gasteiger partial charge on any atom is 0.252 e. The molecule has 2 rings (SSSR count). The monoisotopic (exact) mass is 248 g/mol. The minimum Gasteiger partial charge on any atom is -0.368 e. The Morgan fingerprint density at radius 2 is 2.17 bits per heavy atom. The first-order valence-corrected chi connectivity index (χ1v) is 5.95. The molecule has 0 bridgehead atoms. The van der Waals surface area contributed by atoms with E-state index in [9.17, 15) is 9.59 Å². The highest BCUT2D eigenvalue weighted by atomic mass is 16.2. The average molecular weight is 248 g/mol. The number of nitrogens with one attached hydrogen (secondary N) is 2. The third kappa shape index (κ3) is 3.19. The van der Waals surface area contributed by atoms with E-state index >= 15 is 0 Å². The lowest BCUT2D eigenvalue weighted by atomic mass is 10.2. The number of rotatable bonds is 6. The lowest BCUT2D eigenvalue weighted by Gasteiger charge is -2.09. The Morgan fingerprint density at radius 1 is 1.39 bits per heavy atom. The van der Waals surface area contributed by atoms with Crippen molar-refractivity contribution in [1.82, 2.24) is 10.3 Å². The molecule has 6 heteroatoms. The molecule has 0 unspecified atom stereocenters. The SMILES string of the molecule is NC(=O)c1cccnc1NCCNC(=O)C1CC1. The Hall–Kier alpha value is -2.11. The predicted octanol–water partition coefficient (Wildman–Crippen LogP) is 0.119. The van der Waals surface area contributed by atoms with Crippen LogP contribution in [0.15, 0.2) is 18.3 Å². The number of hydrogen-bond acceptors (Lipinski definition) is 4. The summed E-state index contributed by atoms with van der Waals surface area (Å²) in [6.45, 7) is 1.01. The number of amides is 2. The number of hydrogen-bond donors (Lipinski definition) is 3.